The van der Waals surface area contributed by atoms with E-state index in [9.17, 15) is 4.79 Å². The standard InChI is InChI=1S/C26H24N4O/c1-18-7-5-6-10-23(18)29-26(31)24-13-21(17-30(24)16-19-11-12-19)22-14-27-25(28-15-22)20-8-3-2-4-9-20/h2-10,13-15,17,19H,11-12,16H2,1H3,(H,29,31). The number of carbonyl (C=O) groups excluding carboxylic acids is 1. The van der Waals surface area contributed by atoms with E-state index in [0.29, 0.717) is 17.4 Å². The molecule has 1 aliphatic carbocycles. The van der Waals surface area contributed by atoms with Gasteiger partial charge in [-0.3, -0.25) is 4.79 Å². The Morgan fingerprint density at radius 2 is 1.68 bits per heavy atom. The maximum Gasteiger partial charge on any atom is 0.272 e. The van der Waals surface area contributed by atoms with Gasteiger partial charge < -0.3 is 9.88 Å². The number of hydrogen-bond acceptors (Lipinski definition) is 3. The second-order valence-electron chi connectivity index (χ2n) is 8.14. The first-order valence-corrected chi connectivity index (χ1v) is 10.6. The highest BCUT2D eigenvalue weighted by Gasteiger charge is 2.25. The van der Waals surface area contributed by atoms with Gasteiger partial charge >= 0.3 is 0 Å². The van der Waals surface area contributed by atoms with Crippen molar-refractivity contribution in [1.82, 2.24) is 14.5 Å². The molecule has 5 rings (SSSR count). The van der Waals surface area contributed by atoms with Crippen LogP contribution >= 0.6 is 0 Å². The summed E-state index contributed by atoms with van der Waals surface area (Å²) in [7, 11) is 0. The minimum atomic E-state index is -0.0944. The van der Waals surface area contributed by atoms with Crippen molar-refractivity contribution in [3.05, 3.63) is 90.5 Å². The third-order valence-corrected chi connectivity index (χ3v) is 5.69. The van der Waals surface area contributed by atoms with Gasteiger partial charge in [-0.2, -0.15) is 0 Å². The molecule has 2 aromatic heterocycles. The molecule has 31 heavy (non-hydrogen) atoms. The fourth-order valence-corrected chi connectivity index (χ4v) is 3.70. The number of benzene rings is 2. The number of aryl methyl sites for hydroxylation is 1. The number of hydrogen-bond donors (Lipinski definition) is 1. The zero-order chi connectivity index (χ0) is 21.2. The lowest BCUT2D eigenvalue weighted by atomic mass is 10.1. The molecule has 2 aromatic carbocycles. The third kappa shape index (κ3) is 4.26. The topological polar surface area (TPSA) is 59.8 Å². The fraction of sp³-hybridized carbons (Fsp3) is 0.192. The summed E-state index contributed by atoms with van der Waals surface area (Å²) in [5.74, 6) is 1.25. The Kier molecular flexibility index (Phi) is 5.08. The van der Waals surface area contributed by atoms with Gasteiger partial charge in [0.25, 0.3) is 5.91 Å². The number of carbonyl (C=O) groups is 1. The maximum absolute atomic E-state index is 13.1. The van der Waals surface area contributed by atoms with E-state index in [4.69, 9.17) is 0 Å². The number of amides is 1. The molecule has 0 atom stereocenters. The van der Waals surface area contributed by atoms with Crippen molar-refractivity contribution in [2.45, 2.75) is 26.3 Å². The highest BCUT2D eigenvalue weighted by atomic mass is 16.1. The number of nitrogens with zero attached hydrogens (tertiary/aromatic N) is 3. The minimum Gasteiger partial charge on any atom is -0.343 e. The zero-order valence-electron chi connectivity index (χ0n) is 17.5. The molecule has 1 N–H and O–H groups in total. The molecular formula is C26H24N4O. The average Bonchev–Trinajstić information content (AvgIpc) is 3.52. The quantitative estimate of drug-likeness (QED) is 0.453. The van der Waals surface area contributed by atoms with Crippen LogP contribution in [0.2, 0.25) is 0 Å². The summed E-state index contributed by atoms with van der Waals surface area (Å²) in [5, 5.41) is 3.06. The average molecular weight is 409 g/mol. The predicted octanol–water partition coefficient (Wildman–Crippen LogP) is 5.58. The van der Waals surface area contributed by atoms with Crippen molar-refractivity contribution in [2.75, 3.05) is 5.32 Å². The van der Waals surface area contributed by atoms with Crippen molar-refractivity contribution >= 4 is 11.6 Å². The van der Waals surface area contributed by atoms with Gasteiger partial charge in [0.2, 0.25) is 0 Å². The van der Waals surface area contributed by atoms with Gasteiger partial charge in [0.15, 0.2) is 5.82 Å². The molecule has 5 nitrogen and oxygen atoms in total. The molecule has 2 heterocycles. The maximum atomic E-state index is 13.1. The Morgan fingerprint density at radius 1 is 0.968 bits per heavy atom. The van der Waals surface area contributed by atoms with E-state index in [0.717, 1.165) is 34.5 Å². The van der Waals surface area contributed by atoms with Crippen LogP contribution in [-0.4, -0.2) is 20.4 Å². The summed E-state index contributed by atoms with van der Waals surface area (Å²) >= 11 is 0. The van der Waals surface area contributed by atoms with Crippen molar-refractivity contribution in [1.29, 1.82) is 0 Å². The second kappa shape index (κ2) is 8.19. The summed E-state index contributed by atoms with van der Waals surface area (Å²) in [6.07, 6.45) is 8.15. The molecule has 0 saturated heterocycles. The van der Waals surface area contributed by atoms with Gasteiger partial charge in [-0.05, 0) is 43.4 Å². The molecule has 0 aliphatic heterocycles. The summed E-state index contributed by atoms with van der Waals surface area (Å²) in [6, 6.07) is 19.7. The highest BCUT2D eigenvalue weighted by molar-refractivity contribution is 6.04. The Hall–Kier alpha value is -3.73. The van der Waals surface area contributed by atoms with Gasteiger partial charge in [0.1, 0.15) is 5.69 Å². The van der Waals surface area contributed by atoms with E-state index in [1.54, 1.807) is 0 Å². The van der Waals surface area contributed by atoms with Gasteiger partial charge in [-0.1, -0.05) is 48.5 Å². The first-order valence-electron chi connectivity index (χ1n) is 10.6. The summed E-state index contributed by atoms with van der Waals surface area (Å²) < 4.78 is 2.08. The van der Waals surface area contributed by atoms with E-state index in [-0.39, 0.29) is 5.91 Å². The molecule has 5 heteroatoms. The minimum absolute atomic E-state index is 0.0944. The lowest BCUT2D eigenvalue weighted by Gasteiger charge is -2.10. The molecule has 0 unspecified atom stereocenters. The van der Waals surface area contributed by atoms with E-state index >= 15 is 0 Å². The molecule has 0 spiro atoms. The van der Waals surface area contributed by atoms with Crippen LogP contribution in [0.3, 0.4) is 0 Å². The molecule has 0 bridgehead atoms. The Labute approximate surface area is 181 Å². The van der Waals surface area contributed by atoms with Crippen LogP contribution in [0.1, 0.15) is 28.9 Å². The van der Waals surface area contributed by atoms with Crippen LogP contribution in [0.15, 0.2) is 79.3 Å². The van der Waals surface area contributed by atoms with Crippen molar-refractivity contribution in [3.8, 4) is 22.5 Å². The SMILES string of the molecule is Cc1ccccc1NC(=O)c1cc(-c2cnc(-c3ccccc3)nc2)cn1CC1CC1. The molecular weight excluding hydrogens is 384 g/mol. The van der Waals surface area contributed by atoms with Crippen molar-refractivity contribution in [2.24, 2.45) is 5.92 Å². The van der Waals surface area contributed by atoms with Crippen LogP contribution in [0, 0.1) is 12.8 Å². The van der Waals surface area contributed by atoms with Crippen LogP contribution < -0.4 is 5.32 Å². The molecule has 1 saturated carbocycles. The fourth-order valence-electron chi connectivity index (χ4n) is 3.70. The second-order valence-corrected chi connectivity index (χ2v) is 8.14. The summed E-state index contributed by atoms with van der Waals surface area (Å²) in [4.78, 5) is 22.2. The smallest absolute Gasteiger partial charge is 0.272 e. The largest absolute Gasteiger partial charge is 0.343 e. The predicted molar refractivity (Wildman–Crippen MR) is 123 cm³/mol. The lowest BCUT2D eigenvalue weighted by molar-refractivity contribution is 0.101. The first kappa shape index (κ1) is 19.2. The normalized spacial score (nSPS) is 13.2. The number of anilines is 1. The van der Waals surface area contributed by atoms with Crippen LogP contribution in [0.5, 0.6) is 0 Å². The van der Waals surface area contributed by atoms with E-state index in [2.05, 4.69) is 19.9 Å². The first-order chi connectivity index (χ1) is 15.2. The van der Waals surface area contributed by atoms with E-state index in [1.165, 1.54) is 12.8 Å². The lowest BCUT2D eigenvalue weighted by Crippen LogP contribution is -2.17. The number of nitrogens with one attached hydrogen (secondary N) is 1. The Bertz CT molecular complexity index is 1210. The number of aromatic nitrogens is 3. The summed E-state index contributed by atoms with van der Waals surface area (Å²) in [5.41, 5.74) is 5.38. The third-order valence-electron chi connectivity index (χ3n) is 5.69. The van der Waals surface area contributed by atoms with Crippen LogP contribution in [-0.2, 0) is 6.54 Å². The highest BCUT2D eigenvalue weighted by Crippen LogP contribution is 2.33. The van der Waals surface area contributed by atoms with Gasteiger partial charge in [-0.25, -0.2) is 9.97 Å². The molecule has 1 aliphatic rings. The molecule has 1 amide bonds. The van der Waals surface area contributed by atoms with Gasteiger partial charge in [0, 0.05) is 47.5 Å². The molecule has 4 aromatic rings. The zero-order valence-corrected chi connectivity index (χ0v) is 17.5. The molecule has 154 valence electrons. The van der Waals surface area contributed by atoms with E-state index < -0.39 is 0 Å². The van der Waals surface area contributed by atoms with Crippen molar-refractivity contribution in [3.63, 3.8) is 0 Å². The molecule has 1 fully saturated rings. The van der Waals surface area contributed by atoms with Gasteiger partial charge in [-0.15, -0.1) is 0 Å². The molecule has 0 radical (unpaired) electrons. The summed E-state index contributed by atoms with van der Waals surface area (Å²) in [6.45, 7) is 2.86. The number of para-hydroxylation sites is 1. The van der Waals surface area contributed by atoms with Crippen LogP contribution in [0.4, 0.5) is 5.69 Å². The van der Waals surface area contributed by atoms with Crippen LogP contribution in [0.25, 0.3) is 22.5 Å². The number of rotatable bonds is 6. The monoisotopic (exact) mass is 408 g/mol. The van der Waals surface area contributed by atoms with Crippen molar-refractivity contribution < 1.29 is 4.79 Å². The van der Waals surface area contributed by atoms with Gasteiger partial charge in [0.05, 0.1) is 0 Å². The Balaban J connectivity index is 1.44. The van der Waals surface area contributed by atoms with E-state index in [1.807, 2.05) is 86.2 Å². The Morgan fingerprint density at radius 3 is 2.39 bits per heavy atom.